The molecule has 2 aromatic carbocycles. The highest BCUT2D eigenvalue weighted by atomic mass is 32.2. The summed E-state index contributed by atoms with van der Waals surface area (Å²) in [6.45, 7) is 10.6. The molecule has 0 spiro atoms. The predicted molar refractivity (Wildman–Crippen MR) is 167 cm³/mol. The van der Waals surface area contributed by atoms with Crippen molar-refractivity contribution in [1.82, 2.24) is 21.3 Å². The van der Waals surface area contributed by atoms with E-state index in [0.717, 1.165) is 5.56 Å². The number of nitrogens with one attached hydrogen (secondary N) is 4. The maximum atomic E-state index is 13.6. The minimum absolute atomic E-state index is 0.139. The van der Waals surface area contributed by atoms with Gasteiger partial charge < -0.3 is 21.3 Å². The van der Waals surface area contributed by atoms with Gasteiger partial charge in [0.1, 0.15) is 12.1 Å². The number of likely N-dealkylation sites (N-methyl/N-ethyl adjacent to an activating group) is 1. The van der Waals surface area contributed by atoms with Gasteiger partial charge >= 0.3 is 0 Å². The van der Waals surface area contributed by atoms with Gasteiger partial charge in [0, 0.05) is 30.3 Å². The lowest BCUT2D eigenvalue weighted by Crippen LogP contribution is -2.55. The van der Waals surface area contributed by atoms with Crippen molar-refractivity contribution in [1.29, 1.82) is 0 Å². The summed E-state index contributed by atoms with van der Waals surface area (Å²) in [5, 5.41) is 11.0. The van der Waals surface area contributed by atoms with E-state index in [1.165, 1.54) is 7.05 Å². The van der Waals surface area contributed by atoms with Crippen LogP contribution in [0.25, 0.3) is 0 Å². The first kappa shape index (κ1) is 33.9. The zero-order valence-electron chi connectivity index (χ0n) is 25.2. The van der Waals surface area contributed by atoms with E-state index in [1.807, 2.05) is 83.1 Å². The van der Waals surface area contributed by atoms with Crippen LogP contribution in [0.5, 0.6) is 0 Å². The Balaban J connectivity index is 2.08. The first-order valence-electron chi connectivity index (χ1n) is 14.3. The first-order chi connectivity index (χ1) is 19.4. The molecule has 224 valence electrons. The summed E-state index contributed by atoms with van der Waals surface area (Å²) in [6, 6.07) is 17.0. The van der Waals surface area contributed by atoms with E-state index in [9.17, 15) is 19.2 Å². The molecule has 0 fully saturated rings. The lowest BCUT2D eigenvalue weighted by Gasteiger charge is -2.28. The van der Waals surface area contributed by atoms with Crippen molar-refractivity contribution in [2.24, 2.45) is 5.92 Å². The van der Waals surface area contributed by atoms with Crippen molar-refractivity contribution in [2.45, 2.75) is 82.4 Å². The number of carbonyl (C=O) groups is 4. The summed E-state index contributed by atoms with van der Waals surface area (Å²) in [5.74, 6) is -0.910. The molecule has 0 aliphatic rings. The van der Waals surface area contributed by atoms with E-state index >= 15 is 0 Å². The lowest BCUT2D eigenvalue weighted by molar-refractivity contribution is -0.132. The number of amides is 4. The third kappa shape index (κ3) is 12.8. The predicted octanol–water partition coefficient (Wildman–Crippen LogP) is 4.10. The number of carbonyl (C=O) groups excluding carboxylic acids is 4. The molecule has 0 radical (unpaired) electrons. The van der Waals surface area contributed by atoms with Crippen LogP contribution in [0.15, 0.2) is 60.7 Å². The maximum absolute atomic E-state index is 13.6. The van der Waals surface area contributed by atoms with E-state index < -0.39 is 17.3 Å². The van der Waals surface area contributed by atoms with Crippen LogP contribution < -0.4 is 21.3 Å². The summed E-state index contributed by atoms with van der Waals surface area (Å²) in [4.78, 5) is 52.0. The van der Waals surface area contributed by atoms with E-state index in [0.29, 0.717) is 37.8 Å². The van der Waals surface area contributed by atoms with Gasteiger partial charge in [0.2, 0.25) is 17.7 Å². The quantitative estimate of drug-likeness (QED) is 0.236. The Hall–Kier alpha value is -3.33. The average Bonchev–Trinajstić information content (AvgIpc) is 2.93. The highest BCUT2D eigenvalue weighted by Gasteiger charge is 2.31. The molecule has 4 N–H and O–H groups in total. The summed E-state index contributed by atoms with van der Waals surface area (Å²) in [5.41, 5.74) is 1.52. The molecule has 2 aromatic rings. The smallest absolute Gasteiger partial charge is 0.251 e. The van der Waals surface area contributed by atoms with Crippen LogP contribution in [-0.4, -0.2) is 59.3 Å². The van der Waals surface area contributed by atoms with Gasteiger partial charge in [-0.05, 0) is 42.9 Å². The van der Waals surface area contributed by atoms with Gasteiger partial charge in [0.15, 0.2) is 0 Å². The Morgan fingerprint density at radius 2 is 1.39 bits per heavy atom. The Bertz CT molecular complexity index is 1120. The molecule has 0 bridgehead atoms. The Labute approximate surface area is 249 Å². The molecule has 8 nitrogen and oxygen atoms in total. The zero-order valence-corrected chi connectivity index (χ0v) is 26.0. The molecule has 4 amide bonds. The van der Waals surface area contributed by atoms with Crippen molar-refractivity contribution in [3.63, 3.8) is 0 Å². The van der Waals surface area contributed by atoms with Crippen molar-refractivity contribution in [3.8, 4) is 0 Å². The van der Waals surface area contributed by atoms with Crippen LogP contribution >= 0.6 is 11.8 Å². The minimum Gasteiger partial charge on any atom is -0.357 e. The number of hydrogen-bond donors (Lipinski definition) is 4. The number of benzene rings is 2. The van der Waals surface area contributed by atoms with Gasteiger partial charge in [-0.15, -0.1) is 11.8 Å². The van der Waals surface area contributed by atoms with Crippen LogP contribution in [0.2, 0.25) is 0 Å². The molecule has 0 aliphatic heterocycles. The topological polar surface area (TPSA) is 116 Å². The fourth-order valence-electron chi connectivity index (χ4n) is 4.32. The summed E-state index contributed by atoms with van der Waals surface area (Å²) >= 11 is 1.54. The Morgan fingerprint density at radius 1 is 0.805 bits per heavy atom. The molecule has 0 saturated heterocycles. The third-order valence-electron chi connectivity index (χ3n) is 6.25. The summed E-state index contributed by atoms with van der Waals surface area (Å²) < 4.78 is -0.189. The standard InChI is InChI=1S/C32H46N4O4S/c1-22(2)20-25(30(39)35-26(29(38)33-6)21-23-14-9-7-10-15-23)36-31(40)27(41-32(3,4)5)18-13-19-34-28(37)24-16-11-8-12-17-24/h7-12,14-17,22,25-27H,13,18-21H2,1-6H3,(H,33,38)(H,34,37)(H,35,39)(H,36,40)/t25?,26-,27?/m0/s1. The third-order valence-corrected chi connectivity index (χ3v) is 7.70. The van der Waals surface area contributed by atoms with Gasteiger partial charge in [0.05, 0.1) is 5.25 Å². The molecule has 2 rings (SSSR count). The molecule has 0 saturated carbocycles. The summed E-state index contributed by atoms with van der Waals surface area (Å²) in [6.07, 6.45) is 1.92. The van der Waals surface area contributed by atoms with Crippen LogP contribution in [0.1, 0.15) is 69.8 Å². The van der Waals surface area contributed by atoms with E-state index in [4.69, 9.17) is 0 Å². The van der Waals surface area contributed by atoms with Crippen molar-refractivity contribution in [3.05, 3.63) is 71.8 Å². The Kier molecular flexibility index (Phi) is 13.9. The molecule has 41 heavy (non-hydrogen) atoms. The number of rotatable bonds is 15. The number of thioether (sulfide) groups is 1. The van der Waals surface area contributed by atoms with Crippen molar-refractivity contribution >= 4 is 35.4 Å². The van der Waals surface area contributed by atoms with Gasteiger partial charge in [-0.1, -0.05) is 83.1 Å². The fourth-order valence-corrected chi connectivity index (χ4v) is 5.64. The zero-order chi connectivity index (χ0) is 30.4. The average molecular weight is 583 g/mol. The van der Waals surface area contributed by atoms with Crippen molar-refractivity contribution in [2.75, 3.05) is 13.6 Å². The lowest BCUT2D eigenvalue weighted by atomic mass is 10.0. The van der Waals surface area contributed by atoms with E-state index in [-0.39, 0.29) is 34.3 Å². The number of hydrogen-bond acceptors (Lipinski definition) is 5. The largest absolute Gasteiger partial charge is 0.357 e. The molecule has 0 aromatic heterocycles. The van der Waals surface area contributed by atoms with Crippen LogP contribution in [0.3, 0.4) is 0 Å². The van der Waals surface area contributed by atoms with Gasteiger partial charge in [-0.25, -0.2) is 0 Å². The first-order valence-corrected chi connectivity index (χ1v) is 15.1. The second kappa shape index (κ2) is 16.8. The normalized spacial score (nSPS) is 13.5. The second-order valence-corrected chi connectivity index (χ2v) is 13.6. The highest BCUT2D eigenvalue weighted by molar-refractivity contribution is 8.01. The van der Waals surface area contributed by atoms with E-state index in [1.54, 1.807) is 23.9 Å². The molecule has 3 atom stereocenters. The second-order valence-electron chi connectivity index (χ2n) is 11.5. The molecule has 9 heteroatoms. The fraction of sp³-hybridized carbons (Fsp3) is 0.500. The molecule has 0 aliphatic carbocycles. The van der Waals surface area contributed by atoms with Crippen LogP contribution in [-0.2, 0) is 20.8 Å². The highest BCUT2D eigenvalue weighted by Crippen LogP contribution is 2.31. The SMILES string of the molecule is CNC(=O)[C@H](Cc1ccccc1)NC(=O)C(CC(C)C)NC(=O)C(CCCNC(=O)c1ccccc1)SC(C)(C)C. The molecule has 2 unspecified atom stereocenters. The van der Waals surface area contributed by atoms with Crippen molar-refractivity contribution < 1.29 is 19.2 Å². The monoisotopic (exact) mass is 582 g/mol. The summed E-state index contributed by atoms with van der Waals surface area (Å²) in [7, 11) is 1.54. The Morgan fingerprint density at radius 3 is 1.95 bits per heavy atom. The van der Waals surface area contributed by atoms with Gasteiger partial charge in [-0.3, -0.25) is 19.2 Å². The van der Waals surface area contributed by atoms with Gasteiger partial charge in [-0.2, -0.15) is 0 Å². The van der Waals surface area contributed by atoms with Crippen LogP contribution in [0.4, 0.5) is 0 Å². The molecular weight excluding hydrogens is 536 g/mol. The minimum atomic E-state index is -0.786. The molecule has 0 heterocycles. The van der Waals surface area contributed by atoms with Crippen LogP contribution in [0, 0.1) is 5.92 Å². The van der Waals surface area contributed by atoms with Gasteiger partial charge in [0.25, 0.3) is 5.91 Å². The molecular formula is C32H46N4O4S. The van der Waals surface area contributed by atoms with E-state index in [2.05, 4.69) is 21.3 Å². The maximum Gasteiger partial charge on any atom is 0.251 e.